The lowest BCUT2D eigenvalue weighted by molar-refractivity contribution is -0.161. The van der Waals surface area contributed by atoms with Crippen LogP contribution in [0.4, 0.5) is 0 Å². The van der Waals surface area contributed by atoms with Gasteiger partial charge in [-0.15, -0.1) is 0 Å². The molecule has 0 aliphatic carbocycles. The lowest BCUT2D eigenvalue weighted by Crippen LogP contribution is -2.30. The van der Waals surface area contributed by atoms with Gasteiger partial charge in [0.1, 0.15) is 19.3 Å². The van der Waals surface area contributed by atoms with Crippen LogP contribution in [0, 0.1) is 11.8 Å². The zero-order valence-electron chi connectivity index (χ0n) is 59.9. The molecular weight excluding hydrogens is 1210 g/mol. The monoisotopic (exact) mass is 1350 g/mol. The molecule has 0 aliphatic rings. The quantitative estimate of drug-likeness (QED) is 0.0222. The van der Waals surface area contributed by atoms with Gasteiger partial charge in [0.15, 0.2) is 12.2 Å². The summed E-state index contributed by atoms with van der Waals surface area (Å²) >= 11 is 0. The Hall–Kier alpha value is -1.94. The summed E-state index contributed by atoms with van der Waals surface area (Å²) in [5.74, 6) is -0.674. The molecular formula is C73H142O17P2. The van der Waals surface area contributed by atoms with Crippen LogP contribution in [0.1, 0.15) is 375 Å². The molecule has 0 spiro atoms. The zero-order chi connectivity index (χ0) is 67.9. The van der Waals surface area contributed by atoms with Crippen LogP contribution in [-0.4, -0.2) is 96.7 Å². The molecule has 0 aromatic rings. The molecule has 0 aliphatic heterocycles. The molecule has 5 atom stereocenters. The number of aliphatic hydroxyl groups is 1. The SMILES string of the molecule is CCCCCCCCCCCCCCCCCCCCCC(=O)O[C@H](COC(=O)CCCCCCCCCCCCCCC(C)C)COP(=O)(O)OC[C@@H](O)COP(=O)(O)OC[C@@H](COC(=O)CCCCCCCCCCC)OC(=O)CCCCCCCCC(C)C. The van der Waals surface area contributed by atoms with Crippen LogP contribution in [0.15, 0.2) is 0 Å². The van der Waals surface area contributed by atoms with Gasteiger partial charge >= 0.3 is 39.5 Å². The highest BCUT2D eigenvalue weighted by Gasteiger charge is 2.30. The third-order valence-electron chi connectivity index (χ3n) is 17.0. The summed E-state index contributed by atoms with van der Waals surface area (Å²) in [6, 6.07) is 0. The van der Waals surface area contributed by atoms with Crippen molar-refractivity contribution in [2.45, 2.75) is 394 Å². The minimum atomic E-state index is -4.95. The highest BCUT2D eigenvalue weighted by Crippen LogP contribution is 2.45. The first kappa shape index (κ1) is 90.1. The van der Waals surface area contributed by atoms with Gasteiger partial charge in [0.25, 0.3) is 0 Å². The second-order valence-corrected chi connectivity index (χ2v) is 30.2. The number of phosphoric ester groups is 2. The largest absolute Gasteiger partial charge is 0.472 e. The second-order valence-electron chi connectivity index (χ2n) is 27.3. The van der Waals surface area contributed by atoms with Gasteiger partial charge in [-0.2, -0.15) is 0 Å². The van der Waals surface area contributed by atoms with E-state index in [1.54, 1.807) is 0 Å². The molecule has 0 aromatic heterocycles. The van der Waals surface area contributed by atoms with E-state index in [1.807, 2.05) is 0 Å². The Bertz CT molecular complexity index is 1790. The maximum absolute atomic E-state index is 13.1. The molecule has 0 rings (SSSR count). The number of aliphatic hydroxyl groups excluding tert-OH is 1. The van der Waals surface area contributed by atoms with Crippen LogP contribution in [-0.2, 0) is 65.4 Å². The zero-order valence-corrected chi connectivity index (χ0v) is 61.6. The van der Waals surface area contributed by atoms with Crippen molar-refractivity contribution in [1.29, 1.82) is 0 Å². The van der Waals surface area contributed by atoms with E-state index in [0.717, 1.165) is 95.8 Å². The highest BCUT2D eigenvalue weighted by atomic mass is 31.2. The summed E-state index contributed by atoms with van der Waals surface area (Å²) < 4.78 is 68.3. The minimum Gasteiger partial charge on any atom is -0.462 e. The van der Waals surface area contributed by atoms with Gasteiger partial charge in [0, 0.05) is 25.7 Å². The maximum Gasteiger partial charge on any atom is 0.472 e. The number of hydrogen-bond donors (Lipinski definition) is 3. The van der Waals surface area contributed by atoms with E-state index in [9.17, 15) is 43.2 Å². The van der Waals surface area contributed by atoms with Gasteiger partial charge < -0.3 is 33.8 Å². The molecule has 0 aromatic carbocycles. The van der Waals surface area contributed by atoms with Crippen molar-refractivity contribution in [2.24, 2.45) is 11.8 Å². The number of phosphoric acid groups is 2. The van der Waals surface area contributed by atoms with Crippen LogP contribution in [0.3, 0.4) is 0 Å². The van der Waals surface area contributed by atoms with Crippen LogP contribution in [0.2, 0.25) is 0 Å². The fourth-order valence-electron chi connectivity index (χ4n) is 11.1. The van der Waals surface area contributed by atoms with E-state index < -0.39 is 97.5 Å². The van der Waals surface area contributed by atoms with Crippen LogP contribution in [0.25, 0.3) is 0 Å². The fraction of sp³-hybridized carbons (Fsp3) is 0.945. The van der Waals surface area contributed by atoms with E-state index in [0.29, 0.717) is 31.6 Å². The standard InChI is InChI=1S/C73H142O17P2/c1-7-9-11-13-15-17-18-19-20-21-22-23-24-25-30-34-38-45-51-57-72(77)89-68(61-84-71(76)56-50-44-37-33-29-27-26-28-32-35-41-47-53-65(3)4)63-87-91(79,80)85-59-67(74)60-86-92(81,82)88-64-69(90-73(78)58-52-46-40-39-42-48-54-66(5)6)62-83-70(75)55-49-43-36-31-16-14-12-10-8-2/h65-69,74H,7-64H2,1-6H3,(H,79,80)(H,81,82)/t67-,68-,69-/m1/s1. The van der Waals surface area contributed by atoms with Crippen LogP contribution >= 0.6 is 15.6 Å². The van der Waals surface area contributed by atoms with Gasteiger partial charge in [0.05, 0.1) is 26.4 Å². The van der Waals surface area contributed by atoms with Crippen LogP contribution < -0.4 is 0 Å². The fourth-order valence-corrected chi connectivity index (χ4v) is 12.7. The van der Waals surface area contributed by atoms with Crippen molar-refractivity contribution in [1.82, 2.24) is 0 Å². The summed E-state index contributed by atoms with van der Waals surface area (Å²) in [5, 5.41) is 10.6. The molecule has 0 bridgehead atoms. The number of ether oxygens (including phenoxy) is 4. The van der Waals surface area contributed by atoms with Gasteiger partial charge in [-0.05, 0) is 37.5 Å². The molecule has 0 amide bonds. The summed E-state index contributed by atoms with van der Waals surface area (Å²) in [6.45, 7) is 9.47. The number of unbranched alkanes of at least 4 members (excludes halogenated alkanes) is 42. The highest BCUT2D eigenvalue weighted by molar-refractivity contribution is 7.47. The molecule has 0 radical (unpaired) electrons. The van der Waals surface area contributed by atoms with E-state index in [1.165, 1.54) is 193 Å². The van der Waals surface area contributed by atoms with Crippen molar-refractivity contribution >= 4 is 39.5 Å². The normalized spacial score (nSPS) is 14.1. The Balaban J connectivity index is 5.19. The molecule has 19 heteroatoms. The number of esters is 4. The topological polar surface area (TPSA) is 237 Å². The van der Waals surface area contributed by atoms with Gasteiger partial charge in [-0.25, -0.2) is 9.13 Å². The van der Waals surface area contributed by atoms with Crippen LogP contribution in [0.5, 0.6) is 0 Å². The summed E-state index contributed by atoms with van der Waals surface area (Å²) in [5.41, 5.74) is 0. The van der Waals surface area contributed by atoms with Gasteiger partial charge in [-0.1, -0.05) is 324 Å². The van der Waals surface area contributed by atoms with Crippen molar-refractivity contribution in [2.75, 3.05) is 39.6 Å². The lowest BCUT2D eigenvalue weighted by atomic mass is 10.0. The molecule has 2 unspecified atom stereocenters. The van der Waals surface area contributed by atoms with E-state index in [2.05, 4.69) is 41.5 Å². The first-order valence-corrected chi connectivity index (χ1v) is 41.0. The van der Waals surface area contributed by atoms with Crippen molar-refractivity contribution in [3.05, 3.63) is 0 Å². The molecule has 3 N–H and O–H groups in total. The molecule has 0 saturated carbocycles. The van der Waals surface area contributed by atoms with Gasteiger partial charge in [0.2, 0.25) is 0 Å². The Kier molecular flexibility index (Phi) is 63.7. The van der Waals surface area contributed by atoms with E-state index in [-0.39, 0.29) is 25.7 Å². The minimum absolute atomic E-state index is 0.102. The predicted octanol–water partition coefficient (Wildman–Crippen LogP) is 21.2. The summed E-state index contributed by atoms with van der Waals surface area (Å²) in [7, 11) is -9.90. The second kappa shape index (κ2) is 65.0. The van der Waals surface area contributed by atoms with E-state index >= 15 is 0 Å². The smallest absolute Gasteiger partial charge is 0.462 e. The predicted molar refractivity (Wildman–Crippen MR) is 372 cm³/mol. The Morgan fingerprint density at radius 3 is 0.739 bits per heavy atom. The van der Waals surface area contributed by atoms with E-state index in [4.69, 9.17) is 37.0 Å². The molecule has 0 heterocycles. The van der Waals surface area contributed by atoms with Crippen molar-refractivity contribution in [3.8, 4) is 0 Å². The third kappa shape index (κ3) is 66.7. The van der Waals surface area contributed by atoms with Crippen molar-refractivity contribution < 1.29 is 80.2 Å². The molecule has 0 fully saturated rings. The summed E-state index contributed by atoms with van der Waals surface area (Å²) in [4.78, 5) is 72.5. The molecule has 0 saturated heterocycles. The third-order valence-corrected chi connectivity index (χ3v) is 18.9. The molecule has 546 valence electrons. The average Bonchev–Trinajstić information content (AvgIpc) is 2.34. The average molecular weight is 1350 g/mol. The first-order valence-electron chi connectivity index (χ1n) is 38.0. The summed E-state index contributed by atoms with van der Waals surface area (Å²) in [6.07, 6.45) is 51.6. The molecule has 17 nitrogen and oxygen atoms in total. The number of rotatable bonds is 72. The number of carbonyl (C=O) groups excluding carboxylic acids is 4. The van der Waals surface area contributed by atoms with Crippen molar-refractivity contribution in [3.63, 3.8) is 0 Å². The Morgan fingerprint density at radius 1 is 0.293 bits per heavy atom. The van der Waals surface area contributed by atoms with Gasteiger partial charge in [-0.3, -0.25) is 37.3 Å². The maximum atomic E-state index is 13.1. The number of hydrogen-bond acceptors (Lipinski definition) is 15. The number of carbonyl (C=O) groups is 4. The first-order chi connectivity index (χ1) is 44.4. The molecule has 92 heavy (non-hydrogen) atoms. The Morgan fingerprint density at radius 2 is 0.500 bits per heavy atom. The Labute approximate surface area is 562 Å². The lowest BCUT2D eigenvalue weighted by Gasteiger charge is -2.21.